The summed E-state index contributed by atoms with van der Waals surface area (Å²) in [6, 6.07) is 10.7. The van der Waals surface area contributed by atoms with Gasteiger partial charge in [0.05, 0.1) is 0 Å². The summed E-state index contributed by atoms with van der Waals surface area (Å²) in [6.45, 7) is 0.624. The number of hydrogen-bond donors (Lipinski definition) is 1. The summed E-state index contributed by atoms with van der Waals surface area (Å²) in [5, 5.41) is 10.9. The smallest absolute Gasteiger partial charge is 0.340 e. The fourth-order valence-electron chi connectivity index (χ4n) is 2.62. The molecule has 0 spiro atoms. The van der Waals surface area contributed by atoms with Crippen LogP contribution in [0.5, 0.6) is 5.75 Å². The highest BCUT2D eigenvalue weighted by Gasteiger charge is 2.32. The third kappa shape index (κ3) is 2.31. The van der Waals surface area contributed by atoms with Crippen molar-refractivity contribution in [3.63, 3.8) is 0 Å². The predicted octanol–water partition coefficient (Wildman–Crippen LogP) is 2.15. The number of amides is 1. The molecule has 0 bridgehead atoms. The third-order valence-electron chi connectivity index (χ3n) is 3.75. The van der Waals surface area contributed by atoms with Gasteiger partial charge in [0, 0.05) is 20.0 Å². The van der Waals surface area contributed by atoms with Gasteiger partial charge in [-0.1, -0.05) is 30.3 Å². The van der Waals surface area contributed by atoms with Gasteiger partial charge in [0.15, 0.2) is 6.10 Å². The normalized spacial score (nSPS) is 18.2. The molecule has 108 valence electrons. The van der Waals surface area contributed by atoms with Crippen molar-refractivity contribution in [3.05, 3.63) is 42.0 Å². The van der Waals surface area contributed by atoms with Crippen LogP contribution in [0.3, 0.4) is 0 Å². The molecule has 0 aromatic heterocycles. The van der Waals surface area contributed by atoms with Crippen molar-refractivity contribution in [1.82, 2.24) is 4.90 Å². The lowest BCUT2D eigenvalue weighted by Gasteiger charge is -2.16. The molecule has 1 unspecified atom stereocenters. The molecular formula is C16H15NO4. The largest absolute Gasteiger partial charge is 0.480 e. The number of likely N-dealkylation sites (N-methyl/N-ethyl adjacent to an activating group) is 1. The molecule has 1 heterocycles. The fourth-order valence-corrected chi connectivity index (χ4v) is 2.62. The number of carbonyl (C=O) groups is 2. The lowest BCUT2D eigenvalue weighted by Crippen LogP contribution is -2.29. The zero-order valence-electron chi connectivity index (χ0n) is 11.6. The van der Waals surface area contributed by atoms with Crippen LogP contribution in [0.2, 0.25) is 0 Å². The van der Waals surface area contributed by atoms with Gasteiger partial charge in [0.1, 0.15) is 11.3 Å². The molecule has 0 aliphatic carbocycles. The highest BCUT2D eigenvalue weighted by Crippen LogP contribution is 2.30. The zero-order chi connectivity index (χ0) is 15.0. The number of benzene rings is 2. The quantitative estimate of drug-likeness (QED) is 0.938. The molecule has 0 saturated carbocycles. The first-order valence-corrected chi connectivity index (χ1v) is 6.74. The van der Waals surface area contributed by atoms with Crippen LogP contribution in [0, 0.1) is 0 Å². The molecule has 2 aromatic rings. The first-order valence-electron chi connectivity index (χ1n) is 6.74. The van der Waals surface area contributed by atoms with E-state index in [1.165, 1.54) is 0 Å². The van der Waals surface area contributed by atoms with Gasteiger partial charge in [0.2, 0.25) is 0 Å². The molecule has 1 aliphatic heterocycles. The summed E-state index contributed by atoms with van der Waals surface area (Å²) in [5.41, 5.74) is 0.107. The number of aromatic carboxylic acids is 1. The Kier molecular flexibility index (Phi) is 3.25. The Morgan fingerprint density at radius 2 is 2.05 bits per heavy atom. The lowest BCUT2D eigenvalue weighted by atomic mass is 10.0. The van der Waals surface area contributed by atoms with E-state index < -0.39 is 12.1 Å². The summed E-state index contributed by atoms with van der Waals surface area (Å²) in [7, 11) is 1.71. The van der Waals surface area contributed by atoms with E-state index in [1.54, 1.807) is 36.2 Å². The van der Waals surface area contributed by atoms with Gasteiger partial charge < -0.3 is 14.7 Å². The van der Waals surface area contributed by atoms with Gasteiger partial charge in [-0.25, -0.2) is 4.79 Å². The second-order valence-electron chi connectivity index (χ2n) is 5.12. The molecule has 1 fully saturated rings. The Morgan fingerprint density at radius 3 is 2.71 bits per heavy atom. The number of carbonyl (C=O) groups excluding carboxylic acids is 1. The maximum atomic E-state index is 11.9. The zero-order valence-corrected chi connectivity index (χ0v) is 11.6. The average molecular weight is 285 g/mol. The minimum absolute atomic E-state index is 0.107. The molecule has 1 aliphatic rings. The van der Waals surface area contributed by atoms with E-state index in [2.05, 4.69) is 0 Å². The van der Waals surface area contributed by atoms with Crippen LogP contribution in [0.4, 0.5) is 0 Å². The van der Waals surface area contributed by atoms with Crippen molar-refractivity contribution in [2.45, 2.75) is 12.5 Å². The van der Waals surface area contributed by atoms with Crippen LogP contribution >= 0.6 is 0 Å². The molecule has 1 atom stereocenters. The third-order valence-corrected chi connectivity index (χ3v) is 3.75. The molecule has 3 rings (SSSR count). The summed E-state index contributed by atoms with van der Waals surface area (Å²) < 4.78 is 5.69. The SMILES string of the molecule is CN1CCC(Oc2ccc3ccccc3c2C(=O)O)C1=O. The number of likely N-dealkylation sites (tertiary alicyclic amines) is 1. The van der Waals surface area contributed by atoms with Crippen molar-refractivity contribution >= 4 is 22.6 Å². The maximum Gasteiger partial charge on any atom is 0.340 e. The number of rotatable bonds is 3. The Labute approximate surface area is 121 Å². The molecule has 1 amide bonds. The van der Waals surface area contributed by atoms with Crippen molar-refractivity contribution in [2.75, 3.05) is 13.6 Å². The summed E-state index contributed by atoms with van der Waals surface area (Å²) in [6.07, 6.45) is -0.0319. The maximum absolute atomic E-state index is 11.9. The van der Waals surface area contributed by atoms with Gasteiger partial charge in [0.25, 0.3) is 5.91 Å². The molecule has 2 aromatic carbocycles. The van der Waals surface area contributed by atoms with Crippen LogP contribution in [0.25, 0.3) is 10.8 Å². The molecule has 0 radical (unpaired) electrons. The standard InChI is InChI=1S/C16H15NO4/c1-17-9-8-13(15(17)18)21-12-7-6-10-4-2-3-5-11(10)14(12)16(19)20/h2-7,13H,8-9H2,1H3,(H,19,20). The molecule has 5 heteroatoms. The van der Waals surface area contributed by atoms with Crippen LogP contribution in [-0.4, -0.2) is 41.6 Å². The summed E-state index contributed by atoms with van der Waals surface area (Å²) in [5.74, 6) is -0.921. The van der Waals surface area contributed by atoms with Gasteiger partial charge in [-0.05, 0) is 16.8 Å². The van der Waals surface area contributed by atoms with E-state index in [0.717, 1.165) is 5.39 Å². The van der Waals surface area contributed by atoms with Crippen molar-refractivity contribution in [2.24, 2.45) is 0 Å². The Bertz CT molecular complexity index is 725. The van der Waals surface area contributed by atoms with Gasteiger partial charge in [-0.2, -0.15) is 0 Å². The lowest BCUT2D eigenvalue weighted by molar-refractivity contribution is -0.132. The Balaban J connectivity index is 2.04. The Hall–Kier alpha value is -2.56. The molecule has 1 saturated heterocycles. The highest BCUT2D eigenvalue weighted by atomic mass is 16.5. The van der Waals surface area contributed by atoms with Gasteiger partial charge in [-0.3, -0.25) is 4.79 Å². The van der Waals surface area contributed by atoms with E-state index in [9.17, 15) is 14.7 Å². The number of carboxylic acids is 1. The minimum atomic E-state index is -1.05. The molecule has 21 heavy (non-hydrogen) atoms. The summed E-state index contributed by atoms with van der Waals surface area (Å²) >= 11 is 0. The van der Waals surface area contributed by atoms with E-state index in [-0.39, 0.29) is 17.2 Å². The van der Waals surface area contributed by atoms with E-state index in [1.807, 2.05) is 12.1 Å². The molecular weight excluding hydrogens is 270 g/mol. The topological polar surface area (TPSA) is 66.8 Å². The number of carboxylic acid groups (broad SMARTS) is 1. The molecule has 5 nitrogen and oxygen atoms in total. The highest BCUT2D eigenvalue weighted by molar-refractivity contribution is 6.06. The number of nitrogens with zero attached hydrogens (tertiary/aromatic N) is 1. The molecule has 1 N–H and O–H groups in total. The van der Waals surface area contributed by atoms with Crippen LogP contribution in [0.15, 0.2) is 36.4 Å². The summed E-state index contributed by atoms with van der Waals surface area (Å²) in [4.78, 5) is 25.1. The predicted molar refractivity (Wildman–Crippen MR) is 77.6 cm³/mol. The first-order chi connectivity index (χ1) is 10.1. The van der Waals surface area contributed by atoms with E-state index >= 15 is 0 Å². The van der Waals surface area contributed by atoms with Crippen LogP contribution in [0.1, 0.15) is 16.8 Å². The average Bonchev–Trinajstić information content (AvgIpc) is 2.78. The monoisotopic (exact) mass is 285 g/mol. The minimum Gasteiger partial charge on any atom is -0.480 e. The fraction of sp³-hybridized carbons (Fsp3) is 0.250. The van der Waals surface area contributed by atoms with Crippen molar-refractivity contribution < 1.29 is 19.4 Å². The van der Waals surface area contributed by atoms with Gasteiger partial charge in [-0.15, -0.1) is 0 Å². The number of ether oxygens (including phenoxy) is 1. The van der Waals surface area contributed by atoms with E-state index in [4.69, 9.17) is 4.74 Å². The van der Waals surface area contributed by atoms with Crippen molar-refractivity contribution in [1.29, 1.82) is 0 Å². The van der Waals surface area contributed by atoms with Crippen LogP contribution in [-0.2, 0) is 4.79 Å². The number of hydrogen-bond acceptors (Lipinski definition) is 3. The van der Waals surface area contributed by atoms with Gasteiger partial charge >= 0.3 is 5.97 Å². The first kappa shape index (κ1) is 13.4. The van der Waals surface area contributed by atoms with Crippen molar-refractivity contribution in [3.8, 4) is 5.75 Å². The van der Waals surface area contributed by atoms with E-state index in [0.29, 0.717) is 18.4 Å². The number of fused-ring (bicyclic) bond motifs is 1. The second kappa shape index (κ2) is 5.09. The van der Waals surface area contributed by atoms with Crippen LogP contribution < -0.4 is 4.74 Å². The second-order valence-corrected chi connectivity index (χ2v) is 5.12. The Morgan fingerprint density at radius 1 is 1.29 bits per heavy atom.